The molecule has 0 saturated heterocycles. The standard InChI is InChI=1S/C22H21N3O5/c23-17-9-5-14(6-10-17)13-1-3-16(4-2-13)21(28)24-19(22(29)25-30)20(27)15-7-11-18(26)12-8-15/h1-12,19-20,26-27,30H,23H2,(H,24,28)(H,25,29)/t19-,20+/m0/s1. The van der Waals surface area contributed by atoms with Gasteiger partial charge in [0.25, 0.3) is 11.8 Å². The molecule has 8 nitrogen and oxygen atoms in total. The third kappa shape index (κ3) is 4.75. The number of phenols is 1. The van der Waals surface area contributed by atoms with Gasteiger partial charge >= 0.3 is 0 Å². The van der Waals surface area contributed by atoms with Gasteiger partial charge in [-0.05, 0) is 53.1 Å². The first-order chi connectivity index (χ1) is 14.4. The molecule has 0 heterocycles. The van der Waals surface area contributed by atoms with Crippen molar-refractivity contribution in [3.05, 3.63) is 83.9 Å². The number of carbonyl (C=O) groups excluding carboxylic acids is 2. The fourth-order valence-electron chi connectivity index (χ4n) is 2.94. The maximum Gasteiger partial charge on any atom is 0.268 e. The first kappa shape index (κ1) is 20.8. The van der Waals surface area contributed by atoms with E-state index < -0.39 is 24.0 Å². The van der Waals surface area contributed by atoms with Gasteiger partial charge in [-0.3, -0.25) is 14.8 Å². The third-order valence-corrected chi connectivity index (χ3v) is 4.62. The van der Waals surface area contributed by atoms with Crippen LogP contribution in [0, 0.1) is 0 Å². The molecule has 0 aliphatic carbocycles. The molecule has 0 bridgehead atoms. The van der Waals surface area contributed by atoms with E-state index in [2.05, 4.69) is 5.32 Å². The second-order valence-corrected chi connectivity index (χ2v) is 6.66. The quantitative estimate of drug-likeness (QED) is 0.209. The summed E-state index contributed by atoms with van der Waals surface area (Å²) in [4.78, 5) is 24.6. The highest BCUT2D eigenvalue weighted by Gasteiger charge is 2.30. The van der Waals surface area contributed by atoms with Crippen molar-refractivity contribution in [2.45, 2.75) is 12.1 Å². The van der Waals surface area contributed by atoms with Crippen molar-refractivity contribution in [2.75, 3.05) is 5.73 Å². The molecular weight excluding hydrogens is 386 g/mol. The van der Waals surface area contributed by atoms with E-state index in [9.17, 15) is 19.8 Å². The maximum absolute atomic E-state index is 12.6. The van der Waals surface area contributed by atoms with E-state index in [1.807, 2.05) is 12.1 Å². The van der Waals surface area contributed by atoms with Crippen LogP contribution in [0.15, 0.2) is 72.8 Å². The Balaban J connectivity index is 1.77. The van der Waals surface area contributed by atoms with Gasteiger partial charge in [0.2, 0.25) is 0 Å². The Labute approximate surface area is 172 Å². The molecule has 154 valence electrons. The Morgan fingerprint density at radius 1 is 0.833 bits per heavy atom. The Morgan fingerprint density at radius 3 is 1.90 bits per heavy atom. The van der Waals surface area contributed by atoms with E-state index in [4.69, 9.17) is 10.9 Å². The number of nitrogens with two attached hydrogens (primary N) is 1. The molecule has 7 N–H and O–H groups in total. The normalized spacial score (nSPS) is 12.6. The monoisotopic (exact) mass is 407 g/mol. The predicted molar refractivity (Wildman–Crippen MR) is 111 cm³/mol. The highest BCUT2D eigenvalue weighted by molar-refractivity contribution is 5.98. The van der Waals surface area contributed by atoms with Crippen molar-refractivity contribution in [1.82, 2.24) is 10.8 Å². The molecule has 0 unspecified atom stereocenters. The van der Waals surface area contributed by atoms with Crippen LogP contribution in [0.4, 0.5) is 5.69 Å². The van der Waals surface area contributed by atoms with Crippen molar-refractivity contribution in [2.24, 2.45) is 0 Å². The van der Waals surface area contributed by atoms with Crippen LogP contribution in [-0.4, -0.2) is 33.3 Å². The van der Waals surface area contributed by atoms with Crippen LogP contribution in [0.3, 0.4) is 0 Å². The zero-order valence-electron chi connectivity index (χ0n) is 15.8. The number of aliphatic hydroxyl groups excluding tert-OH is 1. The molecule has 8 heteroatoms. The summed E-state index contributed by atoms with van der Waals surface area (Å²) >= 11 is 0. The lowest BCUT2D eigenvalue weighted by Crippen LogP contribution is -2.49. The Hall–Kier alpha value is -3.88. The minimum atomic E-state index is -1.45. The number of nitrogen functional groups attached to an aromatic ring is 1. The van der Waals surface area contributed by atoms with Crippen molar-refractivity contribution in [3.63, 3.8) is 0 Å². The molecule has 0 spiro atoms. The van der Waals surface area contributed by atoms with E-state index in [0.29, 0.717) is 5.69 Å². The van der Waals surface area contributed by atoms with Crippen LogP contribution < -0.4 is 16.5 Å². The fraction of sp³-hybridized carbons (Fsp3) is 0.0909. The first-order valence-corrected chi connectivity index (χ1v) is 9.07. The number of carbonyl (C=O) groups is 2. The average Bonchev–Trinajstić information content (AvgIpc) is 2.77. The molecule has 3 aromatic carbocycles. The number of rotatable bonds is 6. The molecule has 2 atom stereocenters. The van der Waals surface area contributed by atoms with Crippen LogP contribution in [0.2, 0.25) is 0 Å². The highest BCUT2D eigenvalue weighted by atomic mass is 16.5. The fourth-order valence-corrected chi connectivity index (χ4v) is 2.94. The van der Waals surface area contributed by atoms with Gasteiger partial charge in [-0.2, -0.15) is 0 Å². The van der Waals surface area contributed by atoms with Crippen molar-refractivity contribution < 1.29 is 25.0 Å². The molecule has 0 fully saturated rings. The van der Waals surface area contributed by atoms with E-state index >= 15 is 0 Å². The molecule has 0 aliphatic rings. The zero-order chi connectivity index (χ0) is 21.7. The van der Waals surface area contributed by atoms with Crippen LogP contribution in [0.1, 0.15) is 22.0 Å². The molecular formula is C22H21N3O5. The Bertz CT molecular complexity index is 1020. The summed E-state index contributed by atoms with van der Waals surface area (Å²) in [7, 11) is 0. The van der Waals surface area contributed by atoms with Gasteiger partial charge < -0.3 is 21.3 Å². The maximum atomic E-state index is 12.6. The van der Waals surface area contributed by atoms with Crippen molar-refractivity contribution >= 4 is 17.5 Å². The number of amides is 2. The summed E-state index contributed by atoms with van der Waals surface area (Å²) in [5.41, 5.74) is 10.1. The second-order valence-electron chi connectivity index (χ2n) is 6.66. The highest BCUT2D eigenvalue weighted by Crippen LogP contribution is 2.22. The van der Waals surface area contributed by atoms with Gasteiger partial charge in [-0.25, -0.2) is 5.48 Å². The Morgan fingerprint density at radius 2 is 1.37 bits per heavy atom. The largest absolute Gasteiger partial charge is 0.508 e. The number of benzene rings is 3. The molecule has 30 heavy (non-hydrogen) atoms. The summed E-state index contributed by atoms with van der Waals surface area (Å²) < 4.78 is 0. The van der Waals surface area contributed by atoms with Crippen LogP contribution in [0.5, 0.6) is 5.75 Å². The lowest BCUT2D eigenvalue weighted by molar-refractivity contribution is -0.134. The molecule has 3 aromatic rings. The number of aliphatic hydroxyl groups is 1. The number of hydrogen-bond donors (Lipinski definition) is 6. The molecule has 0 aromatic heterocycles. The van der Waals surface area contributed by atoms with E-state index in [0.717, 1.165) is 11.1 Å². The number of hydrogen-bond acceptors (Lipinski definition) is 6. The summed E-state index contributed by atoms with van der Waals surface area (Å²) in [6.45, 7) is 0. The lowest BCUT2D eigenvalue weighted by Gasteiger charge is -2.22. The smallest absolute Gasteiger partial charge is 0.268 e. The zero-order valence-corrected chi connectivity index (χ0v) is 15.8. The van der Waals surface area contributed by atoms with Gasteiger partial charge in [0, 0.05) is 11.3 Å². The molecule has 0 radical (unpaired) electrons. The van der Waals surface area contributed by atoms with E-state index in [1.165, 1.54) is 29.7 Å². The SMILES string of the molecule is Nc1ccc(-c2ccc(C(=O)N[C@H](C(=O)NO)[C@H](O)c3ccc(O)cc3)cc2)cc1. The molecule has 0 aliphatic heterocycles. The molecule has 2 amide bonds. The minimum absolute atomic E-state index is 0.0145. The summed E-state index contributed by atoms with van der Waals surface area (Å²) in [6, 6.07) is 18.0. The van der Waals surface area contributed by atoms with Crippen molar-refractivity contribution in [3.8, 4) is 16.9 Å². The summed E-state index contributed by atoms with van der Waals surface area (Å²) in [6.07, 6.45) is -1.45. The number of anilines is 1. The lowest BCUT2D eigenvalue weighted by atomic mass is 10.0. The number of phenolic OH excluding ortho intramolecular Hbond substituents is 1. The molecule has 0 saturated carbocycles. The van der Waals surface area contributed by atoms with Gasteiger partial charge in [-0.15, -0.1) is 0 Å². The van der Waals surface area contributed by atoms with Gasteiger partial charge in [-0.1, -0.05) is 36.4 Å². The predicted octanol–water partition coefficient (Wildman–Crippen LogP) is 1.98. The topological polar surface area (TPSA) is 145 Å². The minimum Gasteiger partial charge on any atom is -0.508 e. The summed E-state index contributed by atoms with van der Waals surface area (Å²) in [5.74, 6) is -1.60. The van der Waals surface area contributed by atoms with Crippen molar-refractivity contribution in [1.29, 1.82) is 0 Å². The van der Waals surface area contributed by atoms with Gasteiger partial charge in [0.05, 0.1) is 0 Å². The number of nitrogens with one attached hydrogen (secondary N) is 2. The summed E-state index contributed by atoms with van der Waals surface area (Å²) in [5, 5.41) is 31.3. The van der Waals surface area contributed by atoms with Crippen LogP contribution in [-0.2, 0) is 4.79 Å². The second kappa shape index (κ2) is 9.08. The first-order valence-electron chi connectivity index (χ1n) is 9.07. The van der Waals surface area contributed by atoms with Crippen LogP contribution in [0.25, 0.3) is 11.1 Å². The van der Waals surface area contributed by atoms with E-state index in [1.54, 1.807) is 36.4 Å². The third-order valence-electron chi connectivity index (χ3n) is 4.62. The van der Waals surface area contributed by atoms with E-state index in [-0.39, 0.29) is 16.9 Å². The average molecular weight is 407 g/mol. The molecule has 3 rings (SSSR count). The number of aromatic hydroxyl groups is 1. The number of hydroxylamine groups is 1. The van der Waals surface area contributed by atoms with Gasteiger partial charge in [0.15, 0.2) is 0 Å². The van der Waals surface area contributed by atoms with Crippen LogP contribution >= 0.6 is 0 Å². The van der Waals surface area contributed by atoms with Gasteiger partial charge in [0.1, 0.15) is 17.9 Å². The Kier molecular flexibility index (Phi) is 6.31.